The first-order chi connectivity index (χ1) is 13.2. The third kappa shape index (κ3) is 4.58. The molecule has 1 saturated heterocycles. The minimum atomic E-state index is -0.0222. The fourth-order valence-electron chi connectivity index (χ4n) is 3.34. The lowest BCUT2D eigenvalue weighted by Crippen LogP contribution is -2.48. The number of carbonyl (C=O) groups is 1. The number of nitrogens with zero attached hydrogens (tertiary/aromatic N) is 3. The van der Waals surface area contributed by atoms with Gasteiger partial charge in [0.2, 0.25) is 5.91 Å². The van der Waals surface area contributed by atoms with Gasteiger partial charge < -0.3 is 19.3 Å². The molecule has 27 heavy (non-hydrogen) atoms. The van der Waals surface area contributed by atoms with Crippen LogP contribution in [0, 0.1) is 6.92 Å². The Hall–Kier alpha value is -2.58. The predicted octanol–water partition coefficient (Wildman–Crippen LogP) is 1.51. The van der Waals surface area contributed by atoms with E-state index in [-0.39, 0.29) is 5.91 Å². The normalized spacial score (nSPS) is 17.7. The molecule has 2 aliphatic heterocycles. The van der Waals surface area contributed by atoms with Crippen LogP contribution in [0.4, 0.5) is 5.69 Å². The summed E-state index contributed by atoms with van der Waals surface area (Å²) in [6, 6.07) is 7.44. The van der Waals surface area contributed by atoms with Crippen molar-refractivity contribution in [1.82, 2.24) is 15.0 Å². The zero-order valence-corrected chi connectivity index (χ0v) is 15.4. The number of anilines is 1. The summed E-state index contributed by atoms with van der Waals surface area (Å²) in [7, 11) is 0. The van der Waals surface area contributed by atoms with E-state index < -0.39 is 0 Å². The Labute approximate surface area is 158 Å². The smallest absolute Gasteiger partial charge is 0.238 e. The van der Waals surface area contributed by atoms with Crippen LogP contribution < -0.4 is 14.8 Å². The number of benzene rings is 1. The Morgan fingerprint density at radius 3 is 2.56 bits per heavy atom. The van der Waals surface area contributed by atoms with Gasteiger partial charge in [0.15, 0.2) is 17.3 Å². The average Bonchev–Trinajstić information content (AvgIpc) is 3.08. The molecule has 0 spiro atoms. The predicted molar refractivity (Wildman–Crippen MR) is 99.0 cm³/mol. The highest BCUT2D eigenvalue weighted by molar-refractivity contribution is 5.92. The van der Waals surface area contributed by atoms with Crippen LogP contribution >= 0.6 is 0 Å². The first kappa shape index (κ1) is 17.8. The van der Waals surface area contributed by atoms with Gasteiger partial charge >= 0.3 is 0 Å². The molecule has 8 heteroatoms. The summed E-state index contributed by atoms with van der Waals surface area (Å²) in [4.78, 5) is 16.8. The number of piperazine rings is 1. The van der Waals surface area contributed by atoms with Crippen LogP contribution in [0.2, 0.25) is 0 Å². The first-order valence-corrected chi connectivity index (χ1v) is 9.22. The maximum atomic E-state index is 12.4. The lowest BCUT2D eigenvalue weighted by molar-refractivity contribution is -0.117. The molecule has 0 saturated carbocycles. The summed E-state index contributed by atoms with van der Waals surface area (Å²) in [6.45, 7) is 7.65. The molecular formula is C19H24N4O4. The highest BCUT2D eigenvalue weighted by Crippen LogP contribution is 2.32. The highest BCUT2D eigenvalue weighted by atomic mass is 16.6. The van der Waals surface area contributed by atoms with Gasteiger partial charge in [-0.2, -0.15) is 0 Å². The monoisotopic (exact) mass is 372 g/mol. The number of amides is 1. The Balaban J connectivity index is 1.23. The molecule has 2 aromatic rings. The van der Waals surface area contributed by atoms with Crippen LogP contribution in [-0.4, -0.2) is 66.8 Å². The molecule has 0 bridgehead atoms. The van der Waals surface area contributed by atoms with Crippen molar-refractivity contribution in [1.29, 1.82) is 0 Å². The van der Waals surface area contributed by atoms with Gasteiger partial charge in [0.1, 0.15) is 13.2 Å². The summed E-state index contributed by atoms with van der Waals surface area (Å²) in [6.07, 6.45) is 0. The van der Waals surface area contributed by atoms with E-state index in [1.807, 2.05) is 31.2 Å². The van der Waals surface area contributed by atoms with Gasteiger partial charge in [0, 0.05) is 44.0 Å². The van der Waals surface area contributed by atoms with Crippen molar-refractivity contribution in [2.45, 2.75) is 13.5 Å². The van der Waals surface area contributed by atoms with Gasteiger partial charge in [-0.15, -0.1) is 0 Å². The van der Waals surface area contributed by atoms with Crippen LogP contribution in [0.1, 0.15) is 11.5 Å². The molecule has 144 valence electrons. The van der Waals surface area contributed by atoms with Crippen molar-refractivity contribution in [3.8, 4) is 11.5 Å². The number of aromatic nitrogens is 1. The van der Waals surface area contributed by atoms with E-state index in [0.717, 1.165) is 55.6 Å². The summed E-state index contributed by atoms with van der Waals surface area (Å²) >= 11 is 0. The second-order valence-corrected chi connectivity index (χ2v) is 6.89. The summed E-state index contributed by atoms with van der Waals surface area (Å²) < 4.78 is 16.3. The molecule has 4 rings (SSSR count). The first-order valence-electron chi connectivity index (χ1n) is 9.22. The lowest BCUT2D eigenvalue weighted by Gasteiger charge is -2.33. The second-order valence-electron chi connectivity index (χ2n) is 6.89. The molecule has 1 fully saturated rings. The number of aryl methyl sites for hydroxylation is 1. The third-order valence-corrected chi connectivity index (χ3v) is 4.71. The number of ether oxygens (including phenoxy) is 2. The van der Waals surface area contributed by atoms with Crippen LogP contribution in [0.25, 0.3) is 0 Å². The van der Waals surface area contributed by atoms with Crippen LogP contribution in [0.15, 0.2) is 28.8 Å². The number of nitrogens with one attached hydrogen (secondary N) is 1. The Kier molecular flexibility index (Phi) is 5.26. The average molecular weight is 372 g/mol. The zero-order valence-electron chi connectivity index (χ0n) is 15.4. The van der Waals surface area contributed by atoms with Gasteiger partial charge in [0.05, 0.1) is 18.8 Å². The quantitative estimate of drug-likeness (QED) is 0.852. The van der Waals surface area contributed by atoms with E-state index >= 15 is 0 Å². The van der Waals surface area contributed by atoms with Crippen molar-refractivity contribution >= 4 is 11.6 Å². The van der Waals surface area contributed by atoms with Crippen LogP contribution in [0.3, 0.4) is 0 Å². The summed E-state index contributed by atoms with van der Waals surface area (Å²) in [5, 5.41) is 6.86. The molecule has 0 aliphatic carbocycles. The molecule has 1 aromatic heterocycles. The SMILES string of the molecule is Cc1cc(CN2CCN(CC(=O)Nc3ccc4c(c3)OCCO4)CC2)on1. The van der Waals surface area contributed by atoms with E-state index in [9.17, 15) is 4.79 Å². The minimum absolute atomic E-state index is 0.0222. The maximum Gasteiger partial charge on any atom is 0.238 e. The fraction of sp³-hybridized carbons (Fsp3) is 0.474. The molecule has 1 N–H and O–H groups in total. The number of fused-ring (bicyclic) bond motifs is 1. The van der Waals surface area contributed by atoms with Crippen molar-refractivity contribution in [3.05, 3.63) is 35.7 Å². The second kappa shape index (κ2) is 7.98. The van der Waals surface area contributed by atoms with E-state index in [1.54, 1.807) is 0 Å². The third-order valence-electron chi connectivity index (χ3n) is 4.71. The largest absolute Gasteiger partial charge is 0.486 e. The zero-order chi connectivity index (χ0) is 18.6. The molecule has 0 radical (unpaired) electrons. The van der Waals surface area contributed by atoms with Gasteiger partial charge in [0.25, 0.3) is 0 Å². The molecule has 1 amide bonds. The molecular weight excluding hydrogens is 348 g/mol. The topological polar surface area (TPSA) is 80.1 Å². The highest BCUT2D eigenvalue weighted by Gasteiger charge is 2.20. The van der Waals surface area contributed by atoms with Gasteiger partial charge in [-0.1, -0.05) is 5.16 Å². The van der Waals surface area contributed by atoms with Crippen molar-refractivity contribution in [2.75, 3.05) is 51.3 Å². The number of hydrogen-bond donors (Lipinski definition) is 1. The van der Waals surface area contributed by atoms with Crippen molar-refractivity contribution < 1.29 is 18.8 Å². The van der Waals surface area contributed by atoms with E-state index in [2.05, 4.69) is 20.3 Å². The van der Waals surface area contributed by atoms with Crippen LogP contribution in [0.5, 0.6) is 11.5 Å². The van der Waals surface area contributed by atoms with Gasteiger partial charge in [-0.05, 0) is 19.1 Å². The lowest BCUT2D eigenvalue weighted by atomic mass is 10.2. The van der Waals surface area contributed by atoms with Gasteiger partial charge in [-0.25, -0.2) is 0 Å². The van der Waals surface area contributed by atoms with Crippen molar-refractivity contribution in [3.63, 3.8) is 0 Å². The Morgan fingerprint density at radius 1 is 1.07 bits per heavy atom. The number of rotatable bonds is 5. The number of hydrogen-bond acceptors (Lipinski definition) is 7. The number of carbonyl (C=O) groups excluding carboxylic acids is 1. The van der Waals surface area contributed by atoms with E-state index in [0.29, 0.717) is 25.5 Å². The van der Waals surface area contributed by atoms with Gasteiger partial charge in [-0.3, -0.25) is 14.6 Å². The van der Waals surface area contributed by atoms with Crippen molar-refractivity contribution in [2.24, 2.45) is 0 Å². The van der Waals surface area contributed by atoms with E-state index in [1.165, 1.54) is 0 Å². The molecule has 3 heterocycles. The minimum Gasteiger partial charge on any atom is -0.486 e. The fourth-order valence-corrected chi connectivity index (χ4v) is 3.34. The van der Waals surface area contributed by atoms with Crippen LogP contribution in [-0.2, 0) is 11.3 Å². The molecule has 0 atom stereocenters. The summed E-state index contributed by atoms with van der Waals surface area (Å²) in [5.74, 6) is 2.26. The molecule has 1 aromatic carbocycles. The molecule has 2 aliphatic rings. The molecule has 8 nitrogen and oxygen atoms in total. The summed E-state index contributed by atoms with van der Waals surface area (Å²) in [5.41, 5.74) is 1.63. The standard InChI is InChI=1S/C19H24N4O4/c1-14-10-16(27-21-14)12-22-4-6-23(7-5-22)13-19(24)20-15-2-3-17-18(11-15)26-9-8-25-17/h2-3,10-11H,4-9,12-13H2,1H3,(H,20,24). The van der Waals surface area contributed by atoms with E-state index in [4.69, 9.17) is 14.0 Å². The Morgan fingerprint density at radius 2 is 1.81 bits per heavy atom. The maximum absolute atomic E-state index is 12.4. The molecule has 0 unspecified atom stereocenters. The Bertz CT molecular complexity index is 799.